The minimum atomic E-state index is 0.0990. The molecular formula is C26H29N3O. The van der Waals surface area contributed by atoms with Gasteiger partial charge in [0.2, 0.25) is 0 Å². The number of pyridine rings is 1. The molecule has 1 N–H and O–H groups in total. The number of oxime groups is 1. The Morgan fingerprint density at radius 1 is 1.00 bits per heavy atom. The molecule has 0 amide bonds. The van der Waals surface area contributed by atoms with Crippen molar-refractivity contribution in [2.45, 2.75) is 38.5 Å². The van der Waals surface area contributed by atoms with E-state index in [1.807, 2.05) is 12.4 Å². The van der Waals surface area contributed by atoms with E-state index >= 15 is 0 Å². The fourth-order valence-electron chi connectivity index (χ4n) is 4.51. The first-order valence-corrected chi connectivity index (χ1v) is 10.8. The summed E-state index contributed by atoms with van der Waals surface area (Å²) in [7, 11) is 0. The van der Waals surface area contributed by atoms with E-state index in [1.54, 1.807) is 6.21 Å². The van der Waals surface area contributed by atoms with Gasteiger partial charge in [-0.25, -0.2) is 0 Å². The van der Waals surface area contributed by atoms with Gasteiger partial charge in [-0.3, -0.25) is 4.98 Å². The molecule has 1 unspecified atom stereocenters. The van der Waals surface area contributed by atoms with Gasteiger partial charge in [-0.1, -0.05) is 36.4 Å². The number of rotatable bonds is 6. The summed E-state index contributed by atoms with van der Waals surface area (Å²) in [5.74, 6) is 0.0990. The Labute approximate surface area is 178 Å². The number of aromatic nitrogens is 1. The smallest absolute Gasteiger partial charge is 0.0445 e. The molecule has 0 radical (unpaired) electrons. The van der Waals surface area contributed by atoms with Crippen molar-refractivity contribution in [3.63, 3.8) is 0 Å². The fraction of sp³-hybridized carbons (Fsp3) is 0.308. The van der Waals surface area contributed by atoms with Crippen LogP contribution in [-0.2, 0) is 0 Å². The van der Waals surface area contributed by atoms with E-state index in [-0.39, 0.29) is 5.92 Å². The average Bonchev–Trinajstić information content (AvgIpc) is 2.81. The van der Waals surface area contributed by atoms with Crippen molar-refractivity contribution in [3.05, 3.63) is 83.7 Å². The largest absolute Gasteiger partial charge is 0.411 e. The van der Waals surface area contributed by atoms with Crippen LogP contribution in [0.4, 0.5) is 5.69 Å². The molecular weight excluding hydrogens is 370 g/mol. The van der Waals surface area contributed by atoms with Crippen molar-refractivity contribution in [1.82, 2.24) is 4.98 Å². The Kier molecular flexibility index (Phi) is 6.43. The molecule has 0 aliphatic carbocycles. The Balaban J connectivity index is 1.71. The molecule has 1 fully saturated rings. The van der Waals surface area contributed by atoms with Gasteiger partial charge in [0, 0.05) is 48.9 Å². The van der Waals surface area contributed by atoms with E-state index in [0.29, 0.717) is 6.42 Å². The second-order valence-electron chi connectivity index (χ2n) is 8.00. The second-order valence-corrected chi connectivity index (χ2v) is 8.00. The van der Waals surface area contributed by atoms with Crippen LogP contribution >= 0.6 is 0 Å². The third-order valence-corrected chi connectivity index (χ3v) is 6.12. The summed E-state index contributed by atoms with van der Waals surface area (Å²) in [4.78, 5) is 6.90. The zero-order valence-corrected chi connectivity index (χ0v) is 17.5. The summed E-state index contributed by atoms with van der Waals surface area (Å²) in [5, 5.41) is 12.3. The number of hydrogen-bond donors (Lipinski definition) is 1. The lowest BCUT2D eigenvalue weighted by molar-refractivity contribution is 0.320. The van der Waals surface area contributed by atoms with E-state index in [4.69, 9.17) is 5.21 Å². The van der Waals surface area contributed by atoms with Crippen molar-refractivity contribution in [2.75, 3.05) is 18.0 Å². The van der Waals surface area contributed by atoms with Crippen LogP contribution in [0.2, 0.25) is 0 Å². The summed E-state index contributed by atoms with van der Waals surface area (Å²) in [6.45, 7) is 4.42. The van der Waals surface area contributed by atoms with Gasteiger partial charge in [0.1, 0.15) is 0 Å². The number of nitrogens with zero attached hydrogens (tertiary/aromatic N) is 3. The van der Waals surface area contributed by atoms with E-state index in [1.165, 1.54) is 47.2 Å². The Bertz CT molecular complexity index is 991. The highest BCUT2D eigenvalue weighted by Gasteiger charge is 2.20. The molecule has 0 spiro atoms. The van der Waals surface area contributed by atoms with Crippen LogP contribution in [0.25, 0.3) is 11.1 Å². The molecule has 2 aromatic carbocycles. The molecule has 1 saturated heterocycles. The Morgan fingerprint density at radius 3 is 2.50 bits per heavy atom. The number of aryl methyl sites for hydroxylation is 1. The van der Waals surface area contributed by atoms with Gasteiger partial charge in [0.25, 0.3) is 0 Å². The maximum Gasteiger partial charge on any atom is 0.0445 e. The van der Waals surface area contributed by atoms with Gasteiger partial charge in [0.05, 0.1) is 0 Å². The summed E-state index contributed by atoms with van der Waals surface area (Å²) < 4.78 is 0. The molecule has 4 rings (SSSR count). The van der Waals surface area contributed by atoms with Crippen LogP contribution in [0.5, 0.6) is 0 Å². The molecule has 4 heteroatoms. The number of hydrogen-bond acceptors (Lipinski definition) is 4. The molecule has 1 atom stereocenters. The van der Waals surface area contributed by atoms with Crippen molar-refractivity contribution in [2.24, 2.45) is 5.16 Å². The molecule has 154 valence electrons. The predicted octanol–water partition coefficient (Wildman–Crippen LogP) is 6.03. The van der Waals surface area contributed by atoms with Crippen LogP contribution in [0.1, 0.15) is 48.3 Å². The topological polar surface area (TPSA) is 48.7 Å². The van der Waals surface area contributed by atoms with Gasteiger partial charge >= 0.3 is 0 Å². The summed E-state index contributed by atoms with van der Waals surface area (Å²) in [6.07, 6.45) is 9.91. The Hall–Kier alpha value is -3.14. The van der Waals surface area contributed by atoms with Gasteiger partial charge in [0.15, 0.2) is 0 Å². The quantitative estimate of drug-likeness (QED) is 0.313. The molecule has 30 heavy (non-hydrogen) atoms. The normalized spacial score (nSPS) is 15.4. The van der Waals surface area contributed by atoms with Crippen LogP contribution in [0.15, 0.2) is 72.1 Å². The maximum absolute atomic E-state index is 9.07. The number of anilines is 1. The van der Waals surface area contributed by atoms with E-state index in [9.17, 15) is 0 Å². The van der Waals surface area contributed by atoms with Crippen molar-refractivity contribution >= 4 is 11.9 Å². The van der Waals surface area contributed by atoms with Crippen LogP contribution in [0, 0.1) is 6.92 Å². The molecule has 0 bridgehead atoms. The predicted molar refractivity (Wildman–Crippen MR) is 124 cm³/mol. The second kappa shape index (κ2) is 9.57. The van der Waals surface area contributed by atoms with Crippen molar-refractivity contribution < 1.29 is 5.21 Å². The first kappa shape index (κ1) is 20.1. The maximum atomic E-state index is 9.07. The lowest BCUT2D eigenvalue weighted by atomic mass is 9.83. The minimum Gasteiger partial charge on any atom is -0.411 e. The lowest BCUT2D eigenvalue weighted by Gasteiger charge is -2.29. The van der Waals surface area contributed by atoms with Gasteiger partial charge in [-0.15, -0.1) is 5.16 Å². The standard InChI is InChI=1S/C26H29N3O/c1-20-7-3-4-8-23(20)24(14-16-28-30)25-13-15-27-19-26(25)21-9-11-22(12-10-21)29-17-5-2-6-18-29/h3-4,7-13,15-16,19,24,30H,2,5-6,14,17-18H2,1H3. The van der Waals surface area contributed by atoms with Crippen LogP contribution in [-0.4, -0.2) is 29.5 Å². The average molecular weight is 400 g/mol. The molecule has 4 nitrogen and oxygen atoms in total. The van der Waals surface area contributed by atoms with Gasteiger partial charge in [-0.05, 0) is 73.1 Å². The number of benzene rings is 2. The monoisotopic (exact) mass is 399 g/mol. The minimum absolute atomic E-state index is 0.0990. The summed E-state index contributed by atoms with van der Waals surface area (Å²) >= 11 is 0. The Morgan fingerprint density at radius 2 is 1.77 bits per heavy atom. The van der Waals surface area contributed by atoms with E-state index < -0.39 is 0 Å². The lowest BCUT2D eigenvalue weighted by Crippen LogP contribution is -2.29. The summed E-state index contributed by atoms with van der Waals surface area (Å²) in [6, 6.07) is 19.4. The van der Waals surface area contributed by atoms with Crippen LogP contribution < -0.4 is 4.90 Å². The highest BCUT2D eigenvalue weighted by Crippen LogP contribution is 2.36. The third kappa shape index (κ3) is 4.38. The van der Waals surface area contributed by atoms with Crippen molar-refractivity contribution in [3.8, 4) is 11.1 Å². The molecule has 2 heterocycles. The first-order valence-electron chi connectivity index (χ1n) is 10.8. The SMILES string of the molecule is Cc1ccccc1C(CC=NO)c1ccncc1-c1ccc(N2CCCCC2)cc1. The number of piperidine rings is 1. The van der Waals surface area contributed by atoms with Gasteiger partial charge < -0.3 is 10.1 Å². The molecule has 1 aromatic heterocycles. The van der Waals surface area contributed by atoms with E-state index in [2.05, 4.69) is 76.6 Å². The highest BCUT2D eigenvalue weighted by atomic mass is 16.4. The molecule has 0 saturated carbocycles. The fourth-order valence-corrected chi connectivity index (χ4v) is 4.51. The molecule has 1 aliphatic heterocycles. The van der Waals surface area contributed by atoms with E-state index in [0.717, 1.165) is 18.7 Å². The highest BCUT2D eigenvalue weighted by molar-refractivity contribution is 5.72. The third-order valence-electron chi connectivity index (χ3n) is 6.12. The van der Waals surface area contributed by atoms with Crippen LogP contribution in [0.3, 0.4) is 0 Å². The zero-order valence-electron chi connectivity index (χ0n) is 17.5. The van der Waals surface area contributed by atoms with Crippen molar-refractivity contribution in [1.29, 1.82) is 0 Å². The molecule has 3 aromatic rings. The zero-order chi connectivity index (χ0) is 20.8. The summed E-state index contributed by atoms with van der Waals surface area (Å²) in [5.41, 5.74) is 7.27. The van der Waals surface area contributed by atoms with Gasteiger partial charge in [-0.2, -0.15) is 0 Å². The molecule has 1 aliphatic rings. The first-order chi connectivity index (χ1) is 14.8.